The number of carbonyl (C=O) groups is 2. The molecule has 1 fully saturated rings. The maximum Gasteiger partial charge on any atom is 0.326 e. The molecule has 0 bridgehead atoms. The number of hydrogen-bond acceptors (Lipinski definition) is 4. The van der Waals surface area contributed by atoms with E-state index in [1.807, 2.05) is 13.8 Å². The standard InChI is InChI=1S/C12H20O4/c1-5-7-12(8-6-2)9(13)15-11(3,4)16-10(12)14/h5-8H2,1-4H3. The van der Waals surface area contributed by atoms with Crippen molar-refractivity contribution in [1.82, 2.24) is 0 Å². The number of esters is 2. The summed E-state index contributed by atoms with van der Waals surface area (Å²) in [7, 11) is 0. The van der Waals surface area contributed by atoms with Gasteiger partial charge in [0.2, 0.25) is 0 Å². The summed E-state index contributed by atoms with van der Waals surface area (Å²) in [4.78, 5) is 24.0. The van der Waals surface area contributed by atoms with E-state index in [0.717, 1.165) is 12.8 Å². The Kier molecular flexibility index (Phi) is 3.61. The molecule has 1 heterocycles. The van der Waals surface area contributed by atoms with Gasteiger partial charge in [0.25, 0.3) is 5.79 Å². The zero-order valence-electron chi connectivity index (χ0n) is 10.5. The first-order valence-electron chi connectivity index (χ1n) is 5.85. The molecule has 1 saturated heterocycles. The lowest BCUT2D eigenvalue weighted by Crippen LogP contribution is -2.53. The van der Waals surface area contributed by atoms with E-state index in [4.69, 9.17) is 9.47 Å². The Balaban J connectivity index is 2.99. The summed E-state index contributed by atoms with van der Waals surface area (Å²) in [6.45, 7) is 7.03. The van der Waals surface area contributed by atoms with Gasteiger partial charge in [0, 0.05) is 13.8 Å². The zero-order valence-corrected chi connectivity index (χ0v) is 10.5. The third-order valence-electron chi connectivity index (χ3n) is 2.81. The Morgan fingerprint density at radius 3 is 1.62 bits per heavy atom. The molecular weight excluding hydrogens is 208 g/mol. The van der Waals surface area contributed by atoms with Crippen LogP contribution in [0.2, 0.25) is 0 Å². The van der Waals surface area contributed by atoms with Gasteiger partial charge in [-0.05, 0) is 12.8 Å². The maximum atomic E-state index is 12.0. The SMILES string of the molecule is CCCC1(CCC)C(=O)OC(C)(C)OC1=O. The van der Waals surface area contributed by atoms with E-state index in [-0.39, 0.29) is 0 Å². The van der Waals surface area contributed by atoms with Crippen LogP contribution in [0.1, 0.15) is 53.4 Å². The van der Waals surface area contributed by atoms with Crippen LogP contribution in [0.15, 0.2) is 0 Å². The minimum absolute atomic E-state index is 0.433. The first kappa shape index (κ1) is 13.0. The van der Waals surface area contributed by atoms with Crippen molar-refractivity contribution in [2.24, 2.45) is 5.41 Å². The fourth-order valence-corrected chi connectivity index (χ4v) is 2.13. The molecule has 0 atom stereocenters. The third kappa shape index (κ3) is 2.20. The van der Waals surface area contributed by atoms with Gasteiger partial charge in [0.1, 0.15) is 0 Å². The summed E-state index contributed by atoms with van der Waals surface area (Å²) in [5, 5.41) is 0. The topological polar surface area (TPSA) is 52.6 Å². The van der Waals surface area contributed by atoms with Crippen LogP contribution in [-0.2, 0) is 19.1 Å². The third-order valence-corrected chi connectivity index (χ3v) is 2.81. The number of ether oxygens (including phenoxy) is 2. The second-order valence-electron chi connectivity index (χ2n) is 4.76. The minimum Gasteiger partial charge on any atom is -0.422 e. The molecule has 4 nitrogen and oxygen atoms in total. The molecule has 0 radical (unpaired) electrons. The second kappa shape index (κ2) is 4.44. The summed E-state index contributed by atoms with van der Waals surface area (Å²) >= 11 is 0. The molecule has 0 aromatic heterocycles. The van der Waals surface area contributed by atoms with Crippen LogP contribution in [-0.4, -0.2) is 17.7 Å². The van der Waals surface area contributed by atoms with Gasteiger partial charge in [-0.1, -0.05) is 26.7 Å². The highest BCUT2D eigenvalue weighted by atomic mass is 16.7. The summed E-state index contributed by atoms with van der Waals surface area (Å²) in [5.74, 6) is -1.99. The Hall–Kier alpha value is -1.06. The van der Waals surface area contributed by atoms with Crippen molar-refractivity contribution >= 4 is 11.9 Å². The molecule has 1 aliphatic heterocycles. The van der Waals surface area contributed by atoms with Crippen molar-refractivity contribution in [3.8, 4) is 0 Å². The van der Waals surface area contributed by atoms with E-state index >= 15 is 0 Å². The van der Waals surface area contributed by atoms with Crippen LogP contribution >= 0.6 is 0 Å². The van der Waals surface area contributed by atoms with Crippen molar-refractivity contribution in [2.75, 3.05) is 0 Å². The highest BCUT2D eigenvalue weighted by Crippen LogP contribution is 2.39. The van der Waals surface area contributed by atoms with E-state index in [0.29, 0.717) is 12.8 Å². The Morgan fingerprint density at radius 2 is 1.31 bits per heavy atom. The van der Waals surface area contributed by atoms with Crippen LogP contribution in [0.3, 0.4) is 0 Å². The molecular formula is C12H20O4. The predicted molar refractivity (Wildman–Crippen MR) is 58.5 cm³/mol. The highest BCUT2D eigenvalue weighted by Gasteiger charge is 2.54. The molecule has 0 N–H and O–H groups in total. The van der Waals surface area contributed by atoms with Crippen molar-refractivity contribution in [1.29, 1.82) is 0 Å². The highest BCUT2D eigenvalue weighted by molar-refractivity contribution is 6.01. The summed E-state index contributed by atoms with van der Waals surface area (Å²) in [6.07, 6.45) is 2.50. The zero-order chi connectivity index (χ0) is 12.4. The monoisotopic (exact) mass is 228 g/mol. The van der Waals surface area contributed by atoms with E-state index in [1.165, 1.54) is 0 Å². The number of carbonyl (C=O) groups excluding carboxylic acids is 2. The van der Waals surface area contributed by atoms with Crippen LogP contribution in [0.4, 0.5) is 0 Å². The number of hydrogen-bond donors (Lipinski definition) is 0. The molecule has 0 unspecified atom stereocenters. The fourth-order valence-electron chi connectivity index (χ4n) is 2.13. The lowest BCUT2D eigenvalue weighted by molar-refractivity contribution is -0.252. The molecule has 0 saturated carbocycles. The van der Waals surface area contributed by atoms with Gasteiger partial charge < -0.3 is 9.47 Å². The lowest BCUT2D eigenvalue weighted by Gasteiger charge is -2.40. The quantitative estimate of drug-likeness (QED) is 0.547. The Bertz CT molecular complexity index is 265. The number of rotatable bonds is 4. The van der Waals surface area contributed by atoms with Gasteiger partial charge in [0.15, 0.2) is 5.41 Å². The van der Waals surface area contributed by atoms with Crippen LogP contribution < -0.4 is 0 Å². The molecule has 0 amide bonds. The molecule has 92 valence electrons. The summed E-state index contributed by atoms with van der Waals surface area (Å²) < 4.78 is 10.4. The van der Waals surface area contributed by atoms with Crippen molar-refractivity contribution in [3.05, 3.63) is 0 Å². The fraction of sp³-hybridized carbons (Fsp3) is 0.833. The maximum absolute atomic E-state index is 12.0. The predicted octanol–water partition coefficient (Wildman–Crippen LogP) is 2.41. The Morgan fingerprint density at radius 1 is 0.938 bits per heavy atom. The van der Waals surface area contributed by atoms with Gasteiger partial charge in [-0.3, -0.25) is 9.59 Å². The van der Waals surface area contributed by atoms with Gasteiger partial charge in [0.05, 0.1) is 0 Å². The Labute approximate surface area is 96.3 Å². The lowest BCUT2D eigenvalue weighted by atomic mass is 9.78. The van der Waals surface area contributed by atoms with Gasteiger partial charge in [-0.25, -0.2) is 0 Å². The second-order valence-corrected chi connectivity index (χ2v) is 4.76. The average molecular weight is 228 g/mol. The van der Waals surface area contributed by atoms with E-state index < -0.39 is 23.1 Å². The first-order chi connectivity index (χ1) is 7.38. The minimum atomic E-state index is -1.13. The first-order valence-corrected chi connectivity index (χ1v) is 5.85. The largest absolute Gasteiger partial charge is 0.422 e. The van der Waals surface area contributed by atoms with Crippen LogP contribution in [0, 0.1) is 5.41 Å². The molecule has 0 spiro atoms. The van der Waals surface area contributed by atoms with Crippen molar-refractivity contribution in [3.63, 3.8) is 0 Å². The summed E-state index contributed by atoms with van der Waals surface area (Å²) in [5.41, 5.74) is -1.07. The molecule has 16 heavy (non-hydrogen) atoms. The van der Waals surface area contributed by atoms with E-state index in [2.05, 4.69) is 0 Å². The van der Waals surface area contributed by atoms with E-state index in [9.17, 15) is 9.59 Å². The molecule has 0 aromatic rings. The van der Waals surface area contributed by atoms with Gasteiger partial charge in [-0.15, -0.1) is 0 Å². The average Bonchev–Trinajstić information content (AvgIpc) is 2.13. The van der Waals surface area contributed by atoms with Crippen LogP contribution in [0.5, 0.6) is 0 Å². The summed E-state index contributed by atoms with van der Waals surface area (Å²) in [6, 6.07) is 0. The molecule has 0 aromatic carbocycles. The van der Waals surface area contributed by atoms with Crippen molar-refractivity contribution < 1.29 is 19.1 Å². The smallest absolute Gasteiger partial charge is 0.326 e. The number of cyclic esters (lactones) is 2. The van der Waals surface area contributed by atoms with Gasteiger partial charge >= 0.3 is 11.9 Å². The van der Waals surface area contributed by atoms with Crippen molar-refractivity contribution in [2.45, 2.75) is 59.2 Å². The normalized spacial score (nSPS) is 22.5. The van der Waals surface area contributed by atoms with Gasteiger partial charge in [-0.2, -0.15) is 0 Å². The van der Waals surface area contributed by atoms with E-state index in [1.54, 1.807) is 13.8 Å². The molecule has 1 aliphatic rings. The molecule has 1 rings (SSSR count). The molecule has 0 aliphatic carbocycles. The van der Waals surface area contributed by atoms with Crippen LogP contribution in [0.25, 0.3) is 0 Å². The molecule has 4 heteroatoms.